The number of halogens is 1. The molecule has 0 aromatic heterocycles. The van der Waals surface area contributed by atoms with Crippen molar-refractivity contribution in [1.29, 1.82) is 0 Å². The van der Waals surface area contributed by atoms with E-state index >= 15 is 0 Å². The molecule has 0 fully saturated rings. The van der Waals surface area contributed by atoms with Crippen molar-refractivity contribution in [3.63, 3.8) is 0 Å². The maximum atomic E-state index is 11.3. The van der Waals surface area contributed by atoms with Crippen LogP contribution in [-0.4, -0.2) is 30.1 Å². The fraction of sp³-hybridized carbons (Fsp3) is 0.294. The standard InChI is InChI=1S/C17H19NO.ClH/c1-18-12-11-14-7-5-6-10-16(14)17(19,13-18)15-8-3-2-4-9-15;/h2-10,19H,11-13H2,1H3;1H. The van der Waals surface area contributed by atoms with Gasteiger partial charge in [-0.1, -0.05) is 54.6 Å². The normalized spacial score (nSPS) is 22.5. The number of rotatable bonds is 1. The SMILES string of the molecule is CN1CCc2ccccc2C(O)(c2ccccc2)C1.Cl. The molecule has 2 nitrogen and oxygen atoms in total. The summed E-state index contributed by atoms with van der Waals surface area (Å²) < 4.78 is 0. The van der Waals surface area contributed by atoms with E-state index in [1.54, 1.807) is 0 Å². The van der Waals surface area contributed by atoms with Crippen molar-refractivity contribution < 1.29 is 5.11 Å². The Morgan fingerprint density at radius 2 is 1.65 bits per heavy atom. The van der Waals surface area contributed by atoms with Crippen LogP contribution in [0, 0.1) is 0 Å². The van der Waals surface area contributed by atoms with Gasteiger partial charge in [0.05, 0.1) is 0 Å². The van der Waals surface area contributed by atoms with Gasteiger partial charge >= 0.3 is 0 Å². The lowest BCUT2D eigenvalue weighted by Crippen LogP contribution is -2.39. The Morgan fingerprint density at radius 1 is 1.00 bits per heavy atom. The number of nitrogens with zero attached hydrogens (tertiary/aromatic N) is 1. The van der Waals surface area contributed by atoms with E-state index in [1.807, 2.05) is 36.4 Å². The van der Waals surface area contributed by atoms with E-state index in [0.29, 0.717) is 6.54 Å². The molecule has 0 bridgehead atoms. The van der Waals surface area contributed by atoms with Gasteiger partial charge in [-0.3, -0.25) is 0 Å². The number of aliphatic hydroxyl groups is 1. The molecule has 2 aromatic carbocycles. The van der Waals surface area contributed by atoms with Crippen LogP contribution in [0.15, 0.2) is 54.6 Å². The minimum atomic E-state index is -0.914. The van der Waals surface area contributed by atoms with Crippen molar-refractivity contribution in [3.05, 3.63) is 71.3 Å². The highest BCUT2D eigenvalue weighted by Gasteiger charge is 2.36. The van der Waals surface area contributed by atoms with Crippen molar-refractivity contribution in [2.75, 3.05) is 20.1 Å². The Labute approximate surface area is 126 Å². The summed E-state index contributed by atoms with van der Waals surface area (Å²) in [5.74, 6) is 0. The summed E-state index contributed by atoms with van der Waals surface area (Å²) in [4.78, 5) is 2.20. The smallest absolute Gasteiger partial charge is 0.127 e. The first-order chi connectivity index (χ1) is 9.20. The van der Waals surface area contributed by atoms with Crippen LogP contribution in [0.4, 0.5) is 0 Å². The second-order valence-corrected chi connectivity index (χ2v) is 5.37. The molecule has 0 saturated heterocycles. The predicted molar refractivity (Wildman–Crippen MR) is 84.3 cm³/mol. The minimum absolute atomic E-state index is 0. The zero-order chi connectivity index (χ0) is 13.3. The van der Waals surface area contributed by atoms with Crippen molar-refractivity contribution in [2.24, 2.45) is 0 Å². The topological polar surface area (TPSA) is 23.5 Å². The van der Waals surface area contributed by atoms with Gasteiger partial charge in [0.25, 0.3) is 0 Å². The van der Waals surface area contributed by atoms with Crippen LogP contribution < -0.4 is 0 Å². The monoisotopic (exact) mass is 289 g/mol. The Kier molecular flexibility index (Phi) is 4.48. The average Bonchev–Trinajstić information content (AvgIpc) is 2.58. The average molecular weight is 290 g/mol. The summed E-state index contributed by atoms with van der Waals surface area (Å²) in [6, 6.07) is 18.2. The molecule has 1 aliphatic heterocycles. The second-order valence-electron chi connectivity index (χ2n) is 5.37. The summed E-state index contributed by atoms with van der Waals surface area (Å²) in [6.45, 7) is 1.61. The molecule has 1 heterocycles. The molecule has 0 amide bonds. The van der Waals surface area contributed by atoms with E-state index in [9.17, 15) is 5.11 Å². The molecule has 0 aliphatic carbocycles. The lowest BCUT2D eigenvalue weighted by Gasteiger charge is -2.32. The third-order valence-corrected chi connectivity index (χ3v) is 3.98. The summed E-state index contributed by atoms with van der Waals surface area (Å²) in [6.07, 6.45) is 0.988. The van der Waals surface area contributed by atoms with E-state index in [0.717, 1.165) is 24.1 Å². The summed E-state index contributed by atoms with van der Waals surface area (Å²) >= 11 is 0. The van der Waals surface area contributed by atoms with E-state index < -0.39 is 5.60 Å². The van der Waals surface area contributed by atoms with Gasteiger partial charge in [-0.25, -0.2) is 0 Å². The number of benzene rings is 2. The molecular weight excluding hydrogens is 270 g/mol. The van der Waals surface area contributed by atoms with Gasteiger partial charge in [-0.15, -0.1) is 12.4 Å². The largest absolute Gasteiger partial charge is 0.379 e. The third-order valence-electron chi connectivity index (χ3n) is 3.98. The van der Waals surface area contributed by atoms with Crippen LogP contribution >= 0.6 is 12.4 Å². The zero-order valence-corrected chi connectivity index (χ0v) is 12.4. The number of hydrogen-bond donors (Lipinski definition) is 1. The quantitative estimate of drug-likeness (QED) is 0.873. The Bertz CT molecular complexity index is 572. The number of fused-ring (bicyclic) bond motifs is 1. The molecule has 1 atom stereocenters. The van der Waals surface area contributed by atoms with Gasteiger partial charge < -0.3 is 10.0 Å². The molecule has 106 valence electrons. The highest BCUT2D eigenvalue weighted by molar-refractivity contribution is 5.85. The summed E-state index contributed by atoms with van der Waals surface area (Å²) in [5.41, 5.74) is 2.35. The Balaban J connectivity index is 0.00000147. The van der Waals surface area contributed by atoms with Gasteiger partial charge in [0.2, 0.25) is 0 Å². The van der Waals surface area contributed by atoms with Gasteiger partial charge in [0, 0.05) is 13.1 Å². The van der Waals surface area contributed by atoms with Crippen LogP contribution in [0.2, 0.25) is 0 Å². The molecule has 20 heavy (non-hydrogen) atoms. The molecule has 0 saturated carbocycles. The molecule has 2 aromatic rings. The lowest BCUT2D eigenvalue weighted by molar-refractivity contribution is 0.0492. The molecule has 1 N–H and O–H groups in total. The van der Waals surface area contributed by atoms with E-state index in [-0.39, 0.29) is 12.4 Å². The molecule has 1 aliphatic rings. The van der Waals surface area contributed by atoms with Crippen molar-refractivity contribution in [1.82, 2.24) is 4.90 Å². The fourth-order valence-corrected chi connectivity index (χ4v) is 2.97. The first kappa shape index (κ1) is 15.0. The number of hydrogen-bond acceptors (Lipinski definition) is 2. The van der Waals surface area contributed by atoms with E-state index in [4.69, 9.17) is 0 Å². The zero-order valence-electron chi connectivity index (χ0n) is 11.6. The van der Waals surface area contributed by atoms with Crippen molar-refractivity contribution >= 4 is 12.4 Å². The molecule has 3 rings (SSSR count). The molecular formula is C17H20ClNO. The maximum absolute atomic E-state index is 11.3. The van der Waals surface area contributed by atoms with Crippen molar-refractivity contribution in [2.45, 2.75) is 12.0 Å². The number of β-amino-alcohol motifs (C(OH)–C–C–N with tert-alkyl or cyclic N) is 1. The Hall–Kier alpha value is -1.35. The highest BCUT2D eigenvalue weighted by atomic mass is 35.5. The van der Waals surface area contributed by atoms with Crippen LogP contribution in [-0.2, 0) is 12.0 Å². The van der Waals surface area contributed by atoms with Crippen LogP contribution in [0.5, 0.6) is 0 Å². The second kappa shape index (κ2) is 5.96. The minimum Gasteiger partial charge on any atom is -0.379 e. The summed E-state index contributed by atoms with van der Waals surface area (Å²) in [7, 11) is 2.07. The fourth-order valence-electron chi connectivity index (χ4n) is 2.97. The molecule has 0 radical (unpaired) electrons. The molecule has 3 heteroatoms. The number of likely N-dealkylation sites (N-methyl/N-ethyl adjacent to an activating group) is 1. The van der Waals surface area contributed by atoms with E-state index in [1.165, 1.54) is 5.56 Å². The maximum Gasteiger partial charge on any atom is 0.127 e. The van der Waals surface area contributed by atoms with Gasteiger partial charge in [0.15, 0.2) is 0 Å². The van der Waals surface area contributed by atoms with Crippen molar-refractivity contribution in [3.8, 4) is 0 Å². The third kappa shape index (κ3) is 2.59. The molecule has 0 spiro atoms. The first-order valence-electron chi connectivity index (χ1n) is 6.75. The van der Waals surface area contributed by atoms with Crippen LogP contribution in [0.25, 0.3) is 0 Å². The highest BCUT2D eigenvalue weighted by Crippen LogP contribution is 2.34. The van der Waals surface area contributed by atoms with E-state index in [2.05, 4.69) is 30.1 Å². The van der Waals surface area contributed by atoms with Gasteiger partial charge in [-0.2, -0.15) is 0 Å². The predicted octanol–water partition coefficient (Wildman–Crippen LogP) is 2.83. The van der Waals surface area contributed by atoms with Crippen LogP contribution in [0.3, 0.4) is 0 Å². The van der Waals surface area contributed by atoms with Crippen LogP contribution in [0.1, 0.15) is 16.7 Å². The Morgan fingerprint density at radius 3 is 2.40 bits per heavy atom. The van der Waals surface area contributed by atoms with Gasteiger partial charge in [0.1, 0.15) is 5.60 Å². The van der Waals surface area contributed by atoms with Gasteiger partial charge in [-0.05, 0) is 30.2 Å². The first-order valence-corrected chi connectivity index (χ1v) is 6.75. The molecule has 1 unspecified atom stereocenters. The summed E-state index contributed by atoms with van der Waals surface area (Å²) in [5, 5.41) is 11.3. The lowest BCUT2D eigenvalue weighted by atomic mass is 9.83.